The Morgan fingerprint density at radius 1 is 0.611 bits per heavy atom. The second-order valence-corrected chi connectivity index (χ2v) is 8.33. The molecule has 0 aromatic rings. The number of hydrogen-bond acceptors (Lipinski definition) is 8. The second kappa shape index (κ2) is 10.0. The summed E-state index contributed by atoms with van der Waals surface area (Å²) in [5.41, 5.74) is 4.94. The van der Waals surface area contributed by atoms with Crippen LogP contribution in [0.3, 0.4) is 0 Å². The quantitative estimate of drug-likeness (QED) is 0.531. The van der Waals surface area contributed by atoms with E-state index in [9.17, 15) is 9.59 Å². The topological polar surface area (TPSA) is 102 Å². The van der Waals surface area contributed by atoms with Gasteiger partial charge >= 0.3 is 11.9 Å². The molecule has 8 heteroatoms. The number of hydrogen-bond donors (Lipinski definition) is 0. The predicted octanol–water partition coefficient (Wildman–Crippen LogP) is 4.23. The Hall–Kier alpha value is -4.46. The maximum absolute atomic E-state index is 13.0. The molecule has 36 heavy (non-hydrogen) atoms. The minimum absolute atomic E-state index is 0.302. The molecule has 0 saturated carbocycles. The van der Waals surface area contributed by atoms with Crippen molar-refractivity contribution < 1.29 is 19.1 Å². The van der Waals surface area contributed by atoms with Gasteiger partial charge in [-0.2, -0.15) is 0 Å². The Balaban J connectivity index is 1.65. The summed E-state index contributed by atoms with van der Waals surface area (Å²) in [6.07, 6.45) is 19.2. The molecular formula is C28H24N4O4. The summed E-state index contributed by atoms with van der Waals surface area (Å²) in [6, 6.07) is 0. The minimum atomic E-state index is -0.473. The monoisotopic (exact) mass is 480 g/mol. The van der Waals surface area contributed by atoms with Crippen LogP contribution >= 0.6 is 0 Å². The van der Waals surface area contributed by atoms with Crippen molar-refractivity contribution in [2.24, 2.45) is 20.0 Å². The average molecular weight is 481 g/mol. The Morgan fingerprint density at radius 3 is 1.47 bits per heavy atom. The predicted molar refractivity (Wildman–Crippen MR) is 139 cm³/mol. The Labute approximate surface area is 208 Å². The largest absolute Gasteiger partial charge is 0.462 e. The van der Waals surface area contributed by atoms with Crippen molar-refractivity contribution in [3.05, 3.63) is 94.7 Å². The number of allylic oxidation sites excluding steroid dienone is 10. The number of ether oxygens (including phenoxy) is 2. The van der Waals surface area contributed by atoms with Gasteiger partial charge < -0.3 is 9.47 Å². The molecule has 5 aliphatic heterocycles. The number of carbonyl (C=O) groups excluding carboxylic acids is 2. The molecule has 0 aromatic carbocycles. The number of fused-ring (bicyclic) bond motifs is 4. The normalized spacial score (nSPS) is 19.3. The van der Waals surface area contributed by atoms with E-state index in [0.29, 0.717) is 82.8 Å². The third-order valence-corrected chi connectivity index (χ3v) is 5.54. The fourth-order valence-corrected chi connectivity index (χ4v) is 3.91. The lowest BCUT2D eigenvalue weighted by molar-refractivity contribution is -0.139. The minimum Gasteiger partial charge on any atom is -0.462 e. The molecule has 0 atom stereocenters. The van der Waals surface area contributed by atoms with Crippen molar-refractivity contribution in [1.29, 1.82) is 0 Å². The van der Waals surface area contributed by atoms with Crippen molar-refractivity contribution in [3.8, 4) is 0 Å². The lowest BCUT2D eigenvalue weighted by Crippen LogP contribution is -2.16. The summed E-state index contributed by atoms with van der Waals surface area (Å²) in [4.78, 5) is 44.4. The van der Waals surface area contributed by atoms with Crippen LogP contribution in [0.4, 0.5) is 0 Å². The first kappa shape index (κ1) is 23.3. The maximum Gasteiger partial charge on any atom is 0.342 e. The van der Waals surface area contributed by atoms with Crippen molar-refractivity contribution in [3.63, 3.8) is 0 Å². The molecule has 0 N–H and O–H groups in total. The van der Waals surface area contributed by atoms with E-state index in [0.717, 1.165) is 0 Å². The van der Waals surface area contributed by atoms with Gasteiger partial charge in [-0.05, 0) is 73.6 Å². The standard InChI is InChI=1S/C28H24N4O4/c1-3-13-35-27(33)25-21-9-5-17(29-21)15-19-7-11-23(31-19)26(28(34)36-14-4-2)24-12-8-20(32-24)16-18-6-10-22(25)30-18/h5-12,15-16H,3-4,13-14H2,1-2H3. The fourth-order valence-electron chi connectivity index (χ4n) is 3.91. The van der Waals surface area contributed by atoms with Crippen molar-refractivity contribution in [2.75, 3.05) is 13.2 Å². The van der Waals surface area contributed by atoms with Crippen molar-refractivity contribution in [1.82, 2.24) is 0 Å². The van der Waals surface area contributed by atoms with Crippen LogP contribution < -0.4 is 0 Å². The van der Waals surface area contributed by atoms with Crippen LogP contribution in [0.15, 0.2) is 115 Å². The molecule has 5 rings (SSSR count). The molecule has 0 aromatic heterocycles. The number of esters is 2. The zero-order chi connectivity index (χ0) is 25.1. The number of rotatable bonds is 6. The first-order valence-electron chi connectivity index (χ1n) is 11.9. The number of nitrogens with zero attached hydrogens (tertiary/aromatic N) is 4. The van der Waals surface area contributed by atoms with E-state index in [4.69, 9.17) is 9.47 Å². The Bertz CT molecular complexity index is 1310. The van der Waals surface area contributed by atoms with E-state index >= 15 is 0 Å². The zero-order valence-corrected chi connectivity index (χ0v) is 20.0. The van der Waals surface area contributed by atoms with Gasteiger partial charge in [-0.3, -0.25) is 0 Å². The smallest absolute Gasteiger partial charge is 0.342 e. The molecule has 5 aliphatic rings. The van der Waals surface area contributed by atoms with E-state index in [1.165, 1.54) is 0 Å². The van der Waals surface area contributed by atoms with Crippen molar-refractivity contribution in [2.45, 2.75) is 26.7 Å². The average Bonchev–Trinajstić information content (AvgIpc) is 3.67. The highest BCUT2D eigenvalue weighted by Crippen LogP contribution is 2.27. The highest BCUT2D eigenvalue weighted by molar-refractivity contribution is 6.29. The molecular weight excluding hydrogens is 456 g/mol. The molecule has 8 bridgehead atoms. The van der Waals surface area contributed by atoms with Crippen LogP contribution in [-0.4, -0.2) is 48.0 Å². The molecule has 5 heterocycles. The highest BCUT2D eigenvalue weighted by Gasteiger charge is 2.27. The van der Waals surface area contributed by atoms with Gasteiger partial charge in [0.05, 0.1) is 58.8 Å². The van der Waals surface area contributed by atoms with E-state index in [-0.39, 0.29) is 0 Å². The fraction of sp³-hybridized carbons (Fsp3) is 0.214. The summed E-state index contributed by atoms with van der Waals surface area (Å²) in [5, 5.41) is 0. The van der Waals surface area contributed by atoms with E-state index in [2.05, 4.69) is 20.0 Å². The maximum atomic E-state index is 13.0. The van der Waals surface area contributed by atoms with Crippen LogP contribution in [0.5, 0.6) is 0 Å². The molecule has 0 amide bonds. The van der Waals surface area contributed by atoms with Crippen LogP contribution in [0, 0.1) is 0 Å². The van der Waals surface area contributed by atoms with Crippen LogP contribution in [0.1, 0.15) is 26.7 Å². The van der Waals surface area contributed by atoms with Gasteiger partial charge in [0.2, 0.25) is 0 Å². The first-order valence-corrected chi connectivity index (χ1v) is 11.9. The van der Waals surface area contributed by atoms with Gasteiger partial charge in [0, 0.05) is 0 Å². The van der Waals surface area contributed by atoms with Gasteiger partial charge in [0.15, 0.2) is 0 Å². The molecule has 8 nitrogen and oxygen atoms in total. The van der Waals surface area contributed by atoms with Crippen molar-refractivity contribution >= 4 is 34.8 Å². The van der Waals surface area contributed by atoms with E-state index in [1.807, 2.05) is 13.8 Å². The van der Waals surface area contributed by atoms with E-state index < -0.39 is 11.9 Å². The molecule has 0 unspecified atom stereocenters. The Morgan fingerprint density at radius 2 is 1.06 bits per heavy atom. The highest BCUT2D eigenvalue weighted by atomic mass is 16.5. The van der Waals surface area contributed by atoms with E-state index in [1.54, 1.807) is 60.8 Å². The second-order valence-electron chi connectivity index (χ2n) is 8.33. The van der Waals surface area contributed by atoms with Crippen LogP contribution in [0.25, 0.3) is 0 Å². The van der Waals surface area contributed by atoms with Crippen LogP contribution in [0.2, 0.25) is 0 Å². The number of aliphatic imine (C=N–C) groups is 4. The van der Waals surface area contributed by atoms with Gasteiger partial charge in [0.25, 0.3) is 0 Å². The van der Waals surface area contributed by atoms with Gasteiger partial charge in [-0.25, -0.2) is 29.6 Å². The molecule has 0 fully saturated rings. The van der Waals surface area contributed by atoms with Gasteiger partial charge in [0.1, 0.15) is 11.1 Å². The summed E-state index contributed by atoms with van der Waals surface area (Å²) in [6.45, 7) is 4.49. The van der Waals surface area contributed by atoms with Crippen LogP contribution in [-0.2, 0) is 19.1 Å². The molecule has 0 radical (unpaired) electrons. The molecule has 180 valence electrons. The lowest BCUT2D eigenvalue weighted by Gasteiger charge is -2.08. The third-order valence-electron chi connectivity index (χ3n) is 5.54. The molecule has 0 aliphatic carbocycles. The summed E-state index contributed by atoms with van der Waals surface area (Å²) < 4.78 is 10.9. The summed E-state index contributed by atoms with van der Waals surface area (Å²) in [5.74, 6) is -0.945. The molecule has 0 saturated heterocycles. The Kier molecular flexibility index (Phi) is 6.49. The summed E-state index contributed by atoms with van der Waals surface area (Å²) >= 11 is 0. The third kappa shape index (κ3) is 4.70. The first-order chi connectivity index (χ1) is 17.6. The lowest BCUT2D eigenvalue weighted by atomic mass is 10.1. The molecule has 0 spiro atoms. The summed E-state index contributed by atoms with van der Waals surface area (Å²) in [7, 11) is 0. The van der Waals surface area contributed by atoms with Gasteiger partial charge in [-0.15, -0.1) is 0 Å². The van der Waals surface area contributed by atoms with Gasteiger partial charge in [-0.1, -0.05) is 13.8 Å². The SMILES string of the molecule is CCCOC(=O)C1=C2C=CC(=N2)C=C2C=CC(=N2)C(C(=O)OCCC)=C2C=CC(=N2)C=C2C=CC1=N2. The number of carbonyl (C=O) groups is 2. The zero-order valence-electron chi connectivity index (χ0n) is 20.0.